The molecule has 0 bridgehead atoms. The van der Waals surface area contributed by atoms with Crippen molar-refractivity contribution in [3.05, 3.63) is 58.7 Å². The second-order valence-corrected chi connectivity index (χ2v) is 7.31. The number of primary amides is 1. The van der Waals surface area contributed by atoms with Gasteiger partial charge in [0.25, 0.3) is 0 Å². The van der Waals surface area contributed by atoms with E-state index in [4.69, 9.17) is 10.5 Å². The molecule has 0 unspecified atom stereocenters. The number of ether oxygens (including phenoxy) is 1. The van der Waals surface area contributed by atoms with E-state index in [1.807, 2.05) is 52.0 Å². The predicted octanol–water partition coefficient (Wildman–Crippen LogP) is 4.98. The Bertz CT molecular complexity index is 837. The number of carbonyl (C=O) groups excluding carboxylic acids is 2. The quantitative estimate of drug-likeness (QED) is 0.745. The molecule has 0 saturated heterocycles. The molecule has 2 N–H and O–H groups in total. The molecule has 0 aliphatic carbocycles. The summed E-state index contributed by atoms with van der Waals surface area (Å²) >= 11 is 0. The summed E-state index contributed by atoms with van der Waals surface area (Å²) in [5.74, 6) is 0.149. The second-order valence-electron chi connectivity index (χ2n) is 7.31. The summed E-state index contributed by atoms with van der Waals surface area (Å²) in [6, 6.07) is 12.1. The van der Waals surface area contributed by atoms with E-state index < -0.39 is 11.7 Å². The first-order valence-corrected chi connectivity index (χ1v) is 8.85. The molecule has 26 heavy (non-hydrogen) atoms. The maximum Gasteiger partial charge on any atom is 0.405 e. The van der Waals surface area contributed by atoms with Crippen LogP contribution in [0.15, 0.2) is 36.4 Å². The first kappa shape index (κ1) is 19.7. The standard InChI is InChI=1S/C22H27NO3/c1-6-20(24)17-9-10-18(15(3)11-17)19-12-16(8-7-14(19)2)13-22(4,5)26-21(23)25/h7-12H,6,13H2,1-5H3,(H2,23,25). The maximum atomic E-state index is 11.9. The Labute approximate surface area is 155 Å². The van der Waals surface area contributed by atoms with E-state index in [2.05, 4.69) is 19.1 Å². The average Bonchev–Trinajstić information content (AvgIpc) is 2.54. The highest BCUT2D eigenvalue weighted by Gasteiger charge is 2.22. The molecule has 0 radical (unpaired) electrons. The topological polar surface area (TPSA) is 69.4 Å². The SMILES string of the molecule is CCC(=O)c1ccc(-c2cc(CC(C)(C)OC(N)=O)ccc2C)c(C)c1. The van der Waals surface area contributed by atoms with Crippen molar-refractivity contribution in [2.45, 2.75) is 53.1 Å². The predicted molar refractivity (Wildman–Crippen MR) is 104 cm³/mol. The van der Waals surface area contributed by atoms with E-state index in [9.17, 15) is 9.59 Å². The number of Topliss-reactive ketones (excluding diaryl/α,β-unsaturated/α-hetero) is 1. The second kappa shape index (κ2) is 7.73. The minimum atomic E-state index is -0.769. The number of hydrogen-bond acceptors (Lipinski definition) is 3. The fourth-order valence-electron chi connectivity index (χ4n) is 3.21. The summed E-state index contributed by atoms with van der Waals surface area (Å²) in [6.07, 6.45) is 0.297. The molecule has 138 valence electrons. The molecule has 4 nitrogen and oxygen atoms in total. The zero-order valence-corrected chi connectivity index (χ0v) is 16.2. The number of benzene rings is 2. The van der Waals surface area contributed by atoms with Gasteiger partial charge in [0.1, 0.15) is 5.60 Å². The summed E-state index contributed by atoms with van der Waals surface area (Å²) in [7, 11) is 0. The Hall–Kier alpha value is -2.62. The molecule has 0 spiro atoms. The van der Waals surface area contributed by atoms with Crippen molar-refractivity contribution in [3.8, 4) is 11.1 Å². The molecule has 0 aromatic heterocycles. The zero-order valence-electron chi connectivity index (χ0n) is 16.2. The lowest BCUT2D eigenvalue weighted by atomic mass is 9.90. The number of aryl methyl sites for hydroxylation is 2. The van der Waals surface area contributed by atoms with Gasteiger partial charge in [0, 0.05) is 18.4 Å². The summed E-state index contributed by atoms with van der Waals surface area (Å²) in [5.41, 5.74) is 10.7. The van der Waals surface area contributed by atoms with Crippen LogP contribution in [0.1, 0.15) is 54.2 Å². The highest BCUT2D eigenvalue weighted by Crippen LogP contribution is 2.30. The van der Waals surface area contributed by atoms with Crippen LogP contribution in [-0.4, -0.2) is 17.5 Å². The summed E-state index contributed by atoms with van der Waals surface area (Å²) in [6.45, 7) is 9.64. The minimum absolute atomic E-state index is 0.149. The smallest absolute Gasteiger partial charge is 0.405 e. The van der Waals surface area contributed by atoms with Gasteiger partial charge in [0.15, 0.2) is 5.78 Å². The molecular formula is C22H27NO3. The maximum absolute atomic E-state index is 11.9. The molecule has 2 aromatic rings. The Kier molecular flexibility index (Phi) is 5.86. The highest BCUT2D eigenvalue weighted by molar-refractivity contribution is 5.96. The Morgan fingerprint density at radius 3 is 2.27 bits per heavy atom. The number of ketones is 1. The molecule has 4 heteroatoms. The number of amides is 1. The van der Waals surface area contributed by atoms with Crippen LogP contribution in [0.5, 0.6) is 0 Å². The van der Waals surface area contributed by atoms with Crippen LogP contribution in [0.4, 0.5) is 4.79 Å². The third-order valence-corrected chi connectivity index (χ3v) is 4.47. The van der Waals surface area contributed by atoms with Gasteiger partial charge in [-0.1, -0.05) is 37.3 Å². The summed E-state index contributed by atoms with van der Waals surface area (Å²) in [4.78, 5) is 23.0. The molecule has 0 saturated carbocycles. The van der Waals surface area contributed by atoms with E-state index in [0.29, 0.717) is 12.8 Å². The fourth-order valence-corrected chi connectivity index (χ4v) is 3.21. The van der Waals surface area contributed by atoms with Crippen molar-refractivity contribution in [2.24, 2.45) is 5.73 Å². The van der Waals surface area contributed by atoms with Crippen molar-refractivity contribution in [3.63, 3.8) is 0 Å². The molecule has 2 rings (SSSR count). The van der Waals surface area contributed by atoms with Gasteiger partial charge in [0.05, 0.1) is 0 Å². The van der Waals surface area contributed by atoms with Crippen molar-refractivity contribution >= 4 is 11.9 Å². The number of hydrogen-bond donors (Lipinski definition) is 1. The Balaban J connectivity index is 2.39. The molecular weight excluding hydrogens is 326 g/mol. The normalized spacial score (nSPS) is 11.3. The minimum Gasteiger partial charge on any atom is -0.443 e. The van der Waals surface area contributed by atoms with Crippen molar-refractivity contribution in [1.82, 2.24) is 0 Å². The van der Waals surface area contributed by atoms with Crippen molar-refractivity contribution in [2.75, 3.05) is 0 Å². The molecule has 0 atom stereocenters. The molecule has 2 aromatic carbocycles. The van der Waals surface area contributed by atoms with Crippen LogP contribution in [0.2, 0.25) is 0 Å². The summed E-state index contributed by atoms with van der Waals surface area (Å²) in [5, 5.41) is 0. The fraction of sp³-hybridized carbons (Fsp3) is 0.364. The van der Waals surface area contributed by atoms with E-state index in [1.54, 1.807) is 0 Å². The number of carbonyl (C=O) groups is 2. The zero-order chi connectivity index (χ0) is 19.5. The first-order valence-electron chi connectivity index (χ1n) is 8.85. The van der Waals surface area contributed by atoms with Gasteiger partial charge in [-0.2, -0.15) is 0 Å². The van der Waals surface area contributed by atoms with E-state index in [1.165, 1.54) is 0 Å². The van der Waals surface area contributed by atoms with Gasteiger partial charge < -0.3 is 10.5 Å². The Morgan fingerprint density at radius 2 is 1.69 bits per heavy atom. The monoisotopic (exact) mass is 353 g/mol. The van der Waals surface area contributed by atoms with E-state index in [0.717, 1.165) is 33.4 Å². The largest absolute Gasteiger partial charge is 0.443 e. The van der Waals surface area contributed by atoms with Crippen LogP contribution in [0.25, 0.3) is 11.1 Å². The van der Waals surface area contributed by atoms with E-state index in [-0.39, 0.29) is 5.78 Å². The lowest BCUT2D eigenvalue weighted by Gasteiger charge is -2.24. The molecule has 0 aliphatic rings. The van der Waals surface area contributed by atoms with Crippen LogP contribution in [-0.2, 0) is 11.2 Å². The molecule has 0 heterocycles. The average molecular weight is 353 g/mol. The molecule has 1 amide bonds. The third kappa shape index (κ3) is 4.72. The van der Waals surface area contributed by atoms with Gasteiger partial charge in [-0.25, -0.2) is 4.79 Å². The van der Waals surface area contributed by atoms with Gasteiger partial charge in [-0.3, -0.25) is 4.79 Å². The van der Waals surface area contributed by atoms with Crippen molar-refractivity contribution < 1.29 is 14.3 Å². The van der Waals surface area contributed by atoms with Crippen molar-refractivity contribution in [1.29, 1.82) is 0 Å². The lowest BCUT2D eigenvalue weighted by Crippen LogP contribution is -2.33. The van der Waals surface area contributed by atoms with Gasteiger partial charge in [-0.05, 0) is 61.6 Å². The number of rotatable bonds is 6. The summed E-state index contributed by atoms with van der Waals surface area (Å²) < 4.78 is 5.20. The Morgan fingerprint density at radius 1 is 1.00 bits per heavy atom. The highest BCUT2D eigenvalue weighted by atomic mass is 16.6. The van der Waals surface area contributed by atoms with Gasteiger partial charge in [0.2, 0.25) is 0 Å². The van der Waals surface area contributed by atoms with Gasteiger partial charge >= 0.3 is 6.09 Å². The van der Waals surface area contributed by atoms with Crippen LogP contribution < -0.4 is 5.73 Å². The molecule has 0 fully saturated rings. The van der Waals surface area contributed by atoms with Crippen LogP contribution in [0, 0.1) is 13.8 Å². The van der Waals surface area contributed by atoms with E-state index >= 15 is 0 Å². The lowest BCUT2D eigenvalue weighted by molar-refractivity contribution is 0.0460. The van der Waals surface area contributed by atoms with Crippen LogP contribution in [0.3, 0.4) is 0 Å². The molecule has 0 aliphatic heterocycles. The first-order chi connectivity index (χ1) is 12.1. The van der Waals surface area contributed by atoms with Gasteiger partial charge in [-0.15, -0.1) is 0 Å². The van der Waals surface area contributed by atoms with Crippen LogP contribution >= 0.6 is 0 Å². The third-order valence-electron chi connectivity index (χ3n) is 4.47. The number of nitrogens with two attached hydrogens (primary N) is 1.